The summed E-state index contributed by atoms with van der Waals surface area (Å²) in [6.45, 7) is 6.23. The van der Waals surface area contributed by atoms with Gasteiger partial charge in [0.05, 0.1) is 12.0 Å². The lowest BCUT2D eigenvalue weighted by Gasteiger charge is -2.31. The number of carbonyl (C=O) groups excluding carboxylic acids is 1. The van der Waals surface area contributed by atoms with Crippen LogP contribution in [0.25, 0.3) is 0 Å². The predicted molar refractivity (Wildman–Crippen MR) is 71.8 cm³/mol. The quantitative estimate of drug-likeness (QED) is 0.730. The number of carbonyl (C=O) groups is 2. The minimum absolute atomic E-state index is 0.0309. The smallest absolute Gasteiger partial charge is 0.309 e. The van der Waals surface area contributed by atoms with Crippen LogP contribution in [0.4, 0.5) is 0 Å². The zero-order chi connectivity index (χ0) is 14.6. The molecule has 0 heterocycles. The number of nitrogens with zero attached hydrogens (tertiary/aromatic N) is 1. The Morgan fingerprint density at radius 3 is 2.42 bits per heavy atom. The van der Waals surface area contributed by atoms with Crippen LogP contribution in [0.3, 0.4) is 0 Å². The molecule has 0 aromatic rings. The summed E-state index contributed by atoms with van der Waals surface area (Å²) in [7, 11) is 1.60. The Morgan fingerprint density at radius 2 is 2.00 bits per heavy atom. The number of amides is 1. The normalized spacial score (nSPS) is 17.1. The van der Waals surface area contributed by atoms with E-state index < -0.39 is 11.4 Å². The monoisotopic (exact) mass is 271 g/mol. The van der Waals surface area contributed by atoms with Gasteiger partial charge in [0.2, 0.25) is 5.91 Å². The third kappa shape index (κ3) is 4.49. The molecule has 110 valence electrons. The summed E-state index contributed by atoms with van der Waals surface area (Å²) < 4.78 is 5.04. The molecule has 0 aromatic carbocycles. The summed E-state index contributed by atoms with van der Waals surface area (Å²) in [5, 5.41) is 9.11. The van der Waals surface area contributed by atoms with Crippen LogP contribution < -0.4 is 0 Å². The average molecular weight is 271 g/mol. The molecule has 1 aliphatic rings. The van der Waals surface area contributed by atoms with E-state index in [0.717, 1.165) is 12.8 Å². The molecule has 0 saturated heterocycles. The lowest BCUT2D eigenvalue weighted by Crippen LogP contribution is -2.44. The van der Waals surface area contributed by atoms with Gasteiger partial charge in [-0.05, 0) is 39.5 Å². The lowest BCUT2D eigenvalue weighted by molar-refractivity contribution is -0.152. The molecular weight excluding hydrogens is 246 g/mol. The van der Waals surface area contributed by atoms with Gasteiger partial charge in [-0.1, -0.05) is 0 Å². The maximum Gasteiger partial charge on any atom is 0.309 e. The lowest BCUT2D eigenvalue weighted by atomic mass is 9.88. The van der Waals surface area contributed by atoms with Gasteiger partial charge < -0.3 is 14.7 Å². The van der Waals surface area contributed by atoms with E-state index in [-0.39, 0.29) is 18.4 Å². The van der Waals surface area contributed by atoms with E-state index >= 15 is 0 Å². The Kier molecular flexibility index (Phi) is 5.35. The highest BCUT2D eigenvalue weighted by molar-refractivity contribution is 5.84. The molecule has 5 nitrogen and oxygen atoms in total. The van der Waals surface area contributed by atoms with Crippen molar-refractivity contribution in [3.63, 3.8) is 0 Å². The topological polar surface area (TPSA) is 66.8 Å². The maximum absolute atomic E-state index is 12.3. The second-order valence-corrected chi connectivity index (χ2v) is 6.02. The minimum atomic E-state index is -1.02. The van der Waals surface area contributed by atoms with Crippen molar-refractivity contribution in [3.05, 3.63) is 0 Å². The van der Waals surface area contributed by atoms with Gasteiger partial charge in [-0.25, -0.2) is 0 Å². The Labute approximate surface area is 114 Å². The number of carboxylic acid groups (broad SMARTS) is 1. The third-order valence-corrected chi connectivity index (χ3v) is 3.82. The molecule has 0 bridgehead atoms. The highest BCUT2D eigenvalue weighted by Crippen LogP contribution is 2.36. The van der Waals surface area contributed by atoms with E-state index in [1.807, 2.05) is 6.92 Å². The summed E-state index contributed by atoms with van der Waals surface area (Å²) >= 11 is 0. The van der Waals surface area contributed by atoms with Crippen LogP contribution in [-0.4, -0.2) is 48.2 Å². The summed E-state index contributed by atoms with van der Waals surface area (Å²) in [5.74, 6) is -0.468. The van der Waals surface area contributed by atoms with E-state index in [1.165, 1.54) is 0 Å². The molecule has 0 spiro atoms. The fraction of sp³-hybridized carbons (Fsp3) is 0.857. The number of carboxylic acids is 1. The van der Waals surface area contributed by atoms with Crippen LogP contribution in [0.15, 0.2) is 0 Å². The van der Waals surface area contributed by atoms with Crippen LogP contribution in [-0.2, 0) is 14.3 Å². The van der Waals surface area contributed by atoms with Crippen molar-refractivity contribution in [3.8, 4) is 0 Å². The number of hydrogen-bond acceptors (Lipinski definition) is 3. The van der Waals surface area contributed by atoms with Gasteiger partial charge in [0.1, 0.15) is 0 Å². The van der Waals surface area contributed by atoms with E-state index in [1.54, 1.807) is 25.9 Å². The maximum atomic E-state index is 12.3. The molecule has 1 rings (SSSR count). The Bertz CT molecular complexity index is 336. The molecule has 1 aliphatic carbocycles. The first-order valence-corrected chi connectivity index (χ1v) is 6.81. The minimum Gasteiger partial charge on any atom is -0.481 e. The molecular formula is C14H25NO4. The molecule has 19 heavy (non-hydrogen) atoms. The van der Waals surface area contributed by atoms with E-state index in [9.17, 15) is 9.59 Å². The number of aliphatic carboxylic acids is 1. The first-order chi connectivity index (χ1) is 8.79. The van der Waals surface area contributed by atoms with Crippen LogP contribution in [0.2, 0.25) is 0 Å². The standard InChI is InChI=1S/C14H25NO4/c1-10(11-5-6-11)15(7-8-19-4)12(16)9-14(2,3)13(17)18/h10-11H,5-9H2,1-4H3,(H,17,18). The fourth-order valence-electron chi connectivity index (χ4n) is 2.13. The Hall–Kier alpha value is -1.10. The summed E-state index contributed by atoms with van der Waals surface area (Å²) in [5.41, 5.74) is -1.02. The van der Waals surface area contributed by atoms with Gasteiger partial charge in [-0.2, -0.15) is 0 Å². The second kappa shape index (κ2) is 6.37. The molecule has 1 saturated carbocycles. The molecule has 1 amide bonds. The number of hydrogen-bond donors (Lipinski definition) is 1. The Morgan fingerprint density at radius 1 is 1.42 bits per heavy atom. The molecule has 1 atom stereocenters. The van der Waals surface area contributed by atoms with E-state index in [4.69, 9.17) is 9.84 Å². The van der Waals surface area contributed by atoms with Crippen molar-refractivity contribution < 1.29 is 19.4 Å². The fourth-order valence-corrected chi connectivity index (χ4v) is 2.13. The number of ether oxygens (including phenoxy) is 1. The van der Waals surface area contributed by atoms with Gasteiger partial charge in [0.15, 0.2) is 0 Å². The zero-order valence-electron chi connectivity index (χ0n) is 12.3. The molecule has 1 N–H and O–H groups in total. The molecule has 0 aliphatic heterocycles. The molecule has 5 heteroatoms. The predicted octanol–water partition coefficient (Wildman–Crippen LogP) is 1.76. The first kappa shape index (κ1) is 16.0. The van der Waals surface area contributed by atoms with E-state index in [0.29, 0.717) is 19.1 Å². The zero-order valence-corrected chi connectivity index (χ0v) is 12.3. The van der Waals surface area contributed by atoms with Gasteiger partial charge in [0, 0.05) is 26.1 Å². The van der Waals surface area contributed by atoms with Crippen molar-refractivity contribution in [2.24, 2.45) is 11.3 Å². The highest BCUT2D eigenvalue weighted by Gasteiger charge is 2.37. The highest BCUT2D eigenvalue weighted by atomic mass is 16.5. The SMILES string of the molecule is COCCN(C(=O)CC(C)(C)C(=O)O)C(C)C1CC1. The van der Waals surface area contributed by atoms with Crippen molar-refractivity contribution in [1.82, 2.24) is 4.90 Å². The average Bonchev–Trinajstić information content (AvgIpc) is 3.12. The summed E-state index contributed by atoms with van der Waals surface area (Å²) in [6.07, 6.45) is 2.34. The molecule has 0 radical (unpaired) electrons. The largest absolute Gasteiger partial charge is 0.481 e. The van der Waals surface area contributed by atoms with Crippen molar-refractivity contribution in [1.29, 1.82) is 0 Å². The number of rotatable bonds is 8. The number of methoxy groups -OCH3 is 1. The molecule has 1 fully saturated rings. The van der Waals surface area contributed by atoms with Crippen LogP contribution >= 0.6 is 0 Å². The van der Waals surface area contributed by atoms with Crippen LogP contribution in [0.1, 0.15) is 40.0 Å². The second-order valence-electron chi connectivity index (χ2n) is 6.02. The summed E-state index contributed by atoms with van der Waals surface area (Å²) in [4.78, 5) is 25.2. The van der Waals surface area contributed by atoms with Crippen molar-refractivity contribution >= 4 is 11.9 Å². The summed E-state index contributed by atoms with van der Waals surface area (Å²) in [6, 6.07) is 0.173. The first-order valence-electron chi connectivity index (χ1n) is 6.81. The van der Waals surface area contributed by atoms with Crippen molar-refractivity contribution in [2.45, 2.75) is 46.1 Å². The van der Waals surface area contributed by atoms with Crippen LogP contribution in [0, 0.1) is 11.3 Å². The van der Waals surface area contributed by atoms with E-state index in [2.05, 4.69) is 0 Å². The van der Waals surface area contributed by atoms with Crippen LogP contribution in [0.5, 0.6) is 0 Å². The van der Waals surface area contributed by atoms with Gasteiger partial charge in [0.25, 0.3) is 0 Å². The van der Waals surface area contributed by atoms with Crippen molar-refractivity contribution in [2.75, 3.05) is 20.3 Å². The third-order valence-electron chi connectivity index (χ3n) is 3.82. The Balaban J connectivity index is 2.67. The molecule has 0 aromatic heterocycles. The molecule has 1 unspecified atom stereocenters. The van der Waals surface area contributed by atoms with Gasteiger partial charge >= 0.3 is 5.97 Å². The van der Waals surface area contributed by atoms with Gasteiger partial charge in [-0.3, -0.25) is 9.59 Å². The van der Waals surface area contributed by atoms with Gasteiger partial charge in [-0.15, -0.1) is 0 Å².